The largest absolute Gasteiger partial charge is 0.395 e. The summed E-state index contributed by atoms with van der Waals surface area (Å²) in [5.41, 5.74) is 8.05. The molecule has 2 rings (SSSR count). The summed E-state index contributed by atoms with van der Waals surface area (Å²) in [4.78, 5) is 12.4. The summed E-state index contributed by atoms with van der Waals surface area (Å²) < 4.78 is 3.18. The van der Waals surface area contributed by atoms with Gasteiger partial charge in [-0.05, 0) is 57.8 Å². The van der Waals surface area contributed by atoms with Crippen molar-refractivity contribution in [3.63, 3.8) is 0 Å². The van der Waals surface area contributed by atoms with Crippen LogP contribution in [-0.2, 0) is 6.54 Å². The minimum atomic E-state index is -0.280. The number of benzene rings is 1. The van der Waals surface area contributed by atoms with Crippen molar-refractivity contribution in [1.82, 2.24) is 9.78 Å². The molecule has 0 atom stereocenters. The van der Waals surface area contributed by atoms with Crippen molar-refractivity contribution in [2.45, 2.75) is 20.4 Å². The number of nitrogens with zero attached hydrogens (tertiary/aromatic N) is 2. The van der Waals surface area contributed by atoms with Gasteiger partial charge in [-0.15, -0.1) is 0 Å². The quantitative estimate of drug-likeness (QED) is 0.825. The van der Waals surface area contributed by atoms with Gasteiger partial charge in [-0.25, -0.2) is 0 Å². The molecule has 1 aromatic carbocycles. The molecule has 3 N–H and O–H groups in total. The third kappa shape index (κ3) is 2.73. The van der Waals surface area contributed by atoms with Crippen LogP contribution in [0.4, 0.5) is 11.4 Å². The van der Waals surface area contributed by atoms with Gasteiger partial charge in [0.2, 0.25) is 0 Å². The van der Waals surface area contributed by atoms with Gasteiger partial charge in [-0.3, -0.25) is 9.48 Å². The van der Waals surface area contributed by atoms with Crippen molar-refractivity contribution in [2.24, 2.45) is 0 Å². The van der Waals surface area contributed by atoms with E-state index < -0.39 is 0 Å². The number of anilines is 2. The van der Waals surface area contributed by atoms with E-state index in [1.54, 1.807) is 11.6 Å². The van der Waals surface area contributed by atoms with Gasteiger partial charge >= 0.3 is 0 Å². The van der Waals surface area contributed by atoms with E-state index in [1.165, 1.54) is 0 Å². The van der Waals surface area contributed by atoms with Gasteiger partial charge in [0.1, 0.15) is 5.69 Å². The Hall–Kier alpha value is -1.34. The van der Waals surface area contributed by atoms with E-state index in [2.05, 4.69) is 42.3 Å². The number of amides is 1. The molecule has 0 spiro atoms. The van der Waals surface area contributed by atoms with Gasteiger partial charge < -0.3 is 11.1 Å². The third-order valence-electron chi connectivity index (χ3n) is 2.89. The summed E-state index contributed by atoms with van der Waals surface area (Å²) in [6.45, 7) is 4.28. The first kappa shape index (κ1) is 15.1. The number of carbonyl (C=O) groups excluding carboxylic acids is 1. The van der Waals surface area contributed by atoms with Crippen molar-refractivity contribution in [3.8, 4) is 0 Å². The summed E-state index contributed by atoms with van der Waals surface area (Å²) in [5.74, 6) is -0.280. The molecule has 1 heterocycles. The van der Waals surface area contributed by atoms with Crippen molar-refractivity contribution in [3.05, 3.63) is 38.5 Å². The monoisotopic (exact) mass is 400 g/mol. The Bertz CT molecular complexity index is 646. The molecule has 2 aromatic rings. The molecule has 0 aliphatic carbocycles. The summed E-state index contributed by atoms with van der Waals surface area (Å²) in [7, 11) is 0. The minimum Gasteiger partial charge on any atom is -0.395 e. The number of rotatable bonds is 3. The van der Waals surface area contributed by atoms with Gasteiger partial charge in [-0.1, -0.05) is 6.07 Å². The maximum atomic E-state index is 12.4. The van der Waals surface area contributed by atoms with E-state index in [-0.39, 0.29) is 5.91 Å². The lowest BCUT2D eigenvalue weighted by Gasteiger charge is -2.10. The number of hydrogen-bond acceptors (Lipinski definition) is 3. The second-order valence-corrected chi connectivity index (χ2v) is 5.92. The van der Waals surface area contributed by atoms with Gasteiger partial charge in [0.25, 0.3) is 5.91 Å². The lowest BCUT2D eigenvalue weighted by Crippen LogP contribution is -2.19. The predicted octanol–water partition coefficient (Wildman–Crippen LogP) is 3.57. The Labute approximate surface area is 133 Å². The Balaban J connectivity index is 2.38. The van der Waals surface area contributed by atoms with Crippen molar-refractivity contribution >= 4 is 49.1 Å². The molecule has 0 saturated carbocycles. The molecule has 0 radical (unpaired) electrons. The smallest absolute Gasteiger partial charge is 0.276 e. The molecule has 0 aliphatic heterocycles. The lowest BCUT2D eigenvalue weighted by molar-refractivity contribution is 0.101. The maximum absolute atomic E-state index is 12.4. The molecular weight excluding hydrogens is 388 g/mol. The zero-order valence-electron chi connectivity index (χ0n) is 11.1. The zero-order chi connectivity index (χ0) is 14.9. The normalized spacial score (nSPS) is 10.6. The molecule has 5 nitrogen and oxygen atoms in total. The van der Waals surface area contributed by atoms with E-state index in [4.69, 9.17) is 5.73 Å². The van der Waals surface area contributed by atoms with Gasteiger partial charge in [0.15, 0.2) is 0 Å². The Morgan fingerprint density at radius 2 is 2.00 bits per heavy atom. The summed E-state index contributed by atoms with van der Waals surface area (Å²) >= 11 is 6.82. The van der Waals surface area contributed by atoms with E-state index in [0.29, 0.717) is 29.3 Å². The molecule has 1 amide bonds. The molecule has 0 unspecified atom stereocenters. The zero-order valence-corrected chi connectivity index (χ0v) is 14.2. The van der Waals surface area contributed by atoms with E-state index in [0.717, 1.165) is 8.95 Å². The van der Waals surface area contributed by atoms with Crippen LogP contribution in [0.1, 0.15) is 23.1 Å². The average Bonchev–Trinajstić information content (AvgIpc) is 2.69. The summed E-state index contributed by atoms with van der Waals surface area (Å²) in [5, 5.41) is 7.09. The molecule has 0 bridgehead atoms. The van der Waals surface area contributed by atoms with Crippen LogP contribution in [0.15, 0.2) is 27.1 Å². The van der Waals surface area contributed by atoms with Crippen LogP contribution in [0.5, 0.6) is 0 Å². The molecule has 106 valence electrons. The first-order valence-corrected chi connectivity index (χ1v) is 7.62. The second-order valence-electron chi connectivity index (χ2n) is 4.21. The number of hydrogen-bond donors (Lipinski definition) is 2. The van der Waals surface area contributed by atoms with Crippen LogP contribution in [0, 0.1) is 6.92 Å². The van der Waals surface area contributed by atoms with Gasteiger partial charge in [0.05, 0.1) is 17.1 Å². The van der Waals surface area contributed by atoms with Crippen LogP contribution >= 0.6 is 31.9 Å². The Kier molecular flexibility index (Phi) is 4.49. The number of aromatic nitrogens is 2. The van der Waals surface area contributed by atoms with Crippen molar-refractivity contribution in [2.75, 3.05) is 11.1 Å². The third-order valence-corrected chi connectivity index (χ3v) is 4.21. The molecular formula is C13H14Br2N4O. The summed E-state index contributed by atoms with van der Waals surface area (Å²) in [6, 6.07) is 5.58. The van der Waals surface area contributed by atoms with Gasteiger partial charge in [0, 0.05) is 15.5 Å². The predicted molar refractivity (Wildman–Crippen MR) is 86.8 cm³/mol. The first-order valence-electron chi connectivity index (χ1n) is 6.04. The van der Waals surface area contributed by atoms with Crippen LogP contribution in [0.2, 0.25) is 0 Å². The number of carbonyl (C=O) groups is 1. The van der Waals surface area contributed by atoms with E-state index >= 15 is 0 Å². The SMILES string of the molecule is CCn1nc(C)c(N)c1C(=O)Nc1c(Br)cccc1Br. The highest BCUT2D eigenvalue weighted by atomic mass is 79.9. The molecule has 0 aliphatic rings. The highest BCUT2D eigenvalue weighted by molar-refractivity contribution is 9.11. The average molecular weight is 402 g/mol. The molecule has 1 aromatic heterocycles. The van der Waals surface area contributed by atoms with Crippen molar-refractivity contribution in [1.29, 1.82) is 0 Å². The first-order chi connectivity index (χ1) is 9.45. The number of aryl methyl sites for hydroxylation is 2. The highest BCUT2D eigenvalue weighted by Crippen LogP contribution is 2.31. The number of nitrogens with two attached hydrogens (primary N) is 1. The number of halogens is 2. The number of nitrogens with one attached hydrogen (secondary N) is 1. The topological polar surface area (TPSA) is 72.9 Å². The molecule has 20 heavy (non-hydrogen) atoms. The minimum absolute atomic E-state index is 0.280. The van der Waals surface area contributed by atoms with Crippen molar-refractivity contribution < 1.29 is 4.79 Å². The summed E-state index contributed by atoms with van der Waals surface area (Å²) in [6.07, 6.45) is 0. The second kappa shape index (κ2) is 5.97. The van der Waals surface area contributed by atoms with E-state index in [9.17, 15) is 4.79 Å². The van der Waals surface area contributed by atoms with Crippen LogP contribution < -0.4 is 11.1 Å². The molecule has 0 saturated heterocycles. The fourth-order valence-corrected chi connectivity index (χ4v) is 3.05. The Morgan fingerprint density at radius 1 is 1.40 bits per heavy atom. The fraction of sp³-hybridized carbons (Fsp3) is 0.231. The Morgan fingerprint density at radius 3 is 2.55 bits per heavy atom. The number of nitrogen functional groups attached to an aromatic ring is 1. The molecule has 7 heteroatoms. The molecule has 0 fully saturated rings. The fourth-order valence-electron chi connectivity index (χ4n) is 1.85. The van der Waals surface area contributed by atoms with Gasteiger partial charge in [-0.2, -0.15) is 5.10 Å². The van der Waals surface area contributed by atoms with Crippen LogP contribution in [-0.4, -0.2) is 15.7 Å². The lowest BCUT2D eigenvalue weighted by atomic mass is 10.2. The number of para-hydroxylation sites is 1. The van der Waals surface area contributed by atoms with Crippen LogP contribution in [0.3, 0.4) is 0 Å². The highest BCUT2D eigenvalue weighted by Gasteiger charge is 2.20. The van der Waals surface area contributed by atoms with Crippen LogP contribution in [0.25, 0.3) is 0 Å². The van der Waals surface area contributed by atoms with E-state index in [1.807, 2.05) is 25.1 Å². The maximum Gasteiger partial charge on any atom is 0.276 e. The standard InChI is InChI=1S/C13H14Br2N4O/c1-3-19-12(10(16)7(2)18-19)13(20)17-11-8(14)5-4-6-9(11)15/h4-6H,3,16H2,1-2H3,(H,17,20).